The van der Waals surface area contributed by atoms with Crippen molar-refractivity contribution in [2.75, 3.05) is 0 Å². The summed E-state index contributed by atoms with van der Waals surface area (Å²) in [4.78, 5) is 0. The van der Waals surface area contributed by atoms with Crippen molar-refractivity contribution in [1.29, 1.82) is 0 Å². The second-order valence-electron chi connectivity index (χ2n) is 10.2. The highest BCUT2D eigenvalue weighted by Gasteiger charge is 2.33. The molecular formula is C30H36O3. The van der Waals surface area contributed by atoms with Crippen molar-refractivity contribution in [3.8, 4) is 17.2 Å². The fraction of sp³-hybridized carbons (Fsp3) is 0.400. The number of hydrogen-bond acceptors (Lipinski definition) is 3. The smallest absolute Gasteiger partial charge is 0.121 e. The minimum atomic E-state index is 0.320. The second kappa shape index (κ2) is 9.51. The lowest BCUT2D eigenvalue weighted by Crippen LogP contribution is -2.26. The average molecular weight is 445 g/mol. The van der Waals surface area contributed by atoms with Gasteiger partial charge in [0.25, 0.3) is 0 Å². The molecule has 0 heterocycles. The van der Waals surface area contributed by atoms with E-state index in [9.17, 15) is 15.3 Å². The molecule has 3 unspecified atom stereocenters. The van der Waals surface area contributed by atoms with Gasteiger partial charge in [-0.25, -0.2) is 0 Å². The van der Waals surface area contributed by atoms with E-state index >= 15 is 0 Å². The van der Waals surface area contributed by atoms with Crippen LogP contribution in [0.2, 0.25) is 0 Å². The van der Waals surface area contributed by atoms with Gasteiger partial charge in [-0.2, -0.15) is 0 Å². The first-order chi connectivity index (χ1) is 15.7. The van der Waals surface area contributed by atoms with Crippen molar-refractivity contribution < 1.29 is 15.3 Å². The lowest BCUT2D eigenvalue weighted by atomic mass is 9.67. The topological polar surface area (TPSA) is 60.7 Å². The SMILES string of the molecule is Cc1cc(CC2CCC(c3ccccc3O)C(Cc3cc(C)c(O)c(C)c3)C2)cc(C)c1O. The zero-order valence-corrected chi connectivity index (χ0v) is 20.2. The Morgan fingerprint density at radius 3 is 1.76 bits per heavy atom. The first-order valence-corrected chi connectivity index (χ1v) is 12.1. The molecule has 3 heteroatoms. The number of phenolic OH excluding ortho intramolecular Hbond substituents is 3. The highest BCUT2D eigenvalue weighted by atomic mass is 16.3. The van der Waals surface area contributed by atoms with Gasteiger partial charge in [0, 0.05) is 0 Å². The largest absolute Gasteiger partial charge is 0.508 e. The zero-order valence-electron chi connectivity index (χ0n) is 20.2. The Morgan fingerprint density at radius 1 is 0.697 bits per heavy atom. The van der Waals surface area contributed by atoms with Crippen LogP contribution in [0.1, 0.15) is 64.1 Å². The van der Waals surface area contributed by atoms with E-state index in [0.29, 0.717) is 35.0 Å². The van der Waals surface area contributed by atoms with Crippen LogP contribution in [-0.4, -0.2) is 15.3 Å². The number of phenols is 3. The summed E-state index contributed by atoms with van der Waals surface area (Å²) in [6.45, 7) is 7.87. The molecule has 0 radical (unpaired) electrons. The fourth-order valence-electron chi connectivity index (χ4n) is 5.95. The first-order valence-electron chi connectivity index (χ1n) is 12.1. The minimum absolute atomic E-state index is 0.320. The molecule has 0 saturated heterocycles. The van der Waals surface area contributed by atoms with E-state index < -0.39 is 0 Å². The average Bonchev–Trinajstić information content (AvgIpc) is 2.76. The number of rotatable bonds is 5. The monoisotopic (exact) mass is 444 g/mol. The van der Waals surface area contributed by atoms with Crippen LogP contribution < -0.4 is 0 Å². The molecule has 3 nitrogen and oxygen atoms in total. The summed E-state index contributed by atoms with van der Waals surface area (Å²) in [6, 6.07) is 16.3. The van der Waals surface area contributed by atoms with Crippen LogP contribution in [0.15, 0.2) is 48.5 Å². The van der Waals surface area contributed by atoms with Crippen molar-refractivity contribution in [3.63, 3.8) is 0 Å². The quantitative estimate of drug-likeness (QED) is 0.396. The molecule has 0 aliphatic heterocycles. The molecule has 4 rings (SSSR count). The normalized spacial score (nSPS) is 20.7. The predicted molar refractivity (Wildman–Crippen MR) is 134 cm³/mol. The summed E-state index contributed by atoms with van der Waals surface area (Å²) in [7, 11) is 0. The Balaban J connectivity index is 1.61. The Bertz CT molecular complexity index is 1100. The third kappa shape index (κ3) is 5.03. The molecule has 1 aliphatic rings. The van der Waals surface area contributed by atoms with Gasteiger partial charge in [0.2, 0.25) is 0 Å². The molecule has 0 spiro atoms. The first kappa shape index (κ1) is 23.2. The Morgan fingerprint density at radius 2 is 1.21 bits per heavy atom. The van der Waals surface area contributed by atoms with Gasteiger partial charge >= 0.3 is 0 Å². The van der Waals surface area contributed by atoms with Crippen LogP contribution in [0.5, 0.6) is 17.2 Å². The molecule has 174 valence electrons. The highest BCUT2D eigenvalue weighted by Crippen LogP contribution is 2.46. The number of hydrogen-bond donors (Lipinski definition) is 3. The third-order valence-electron chi connectivity index (χ3n) is 7.55. The van der Waals surface area contributed by atoms with E-state index in [-0.39, 0.29) is 0 Å². The second-order valence-corrected chi connectivity index (χ2v) is 10.2. The predicted octanol–water partition coefficient (Wildman–Crippen LogP) is 7.02. The number of aromatic hydroxyl groups is 3. The van der Waals surface area contributed by atoms with E-state index in [0.717, 1.165) is 59.9 Å². The van der Waals surface area contributed by atoms with Crippen molar-refractivity contribution >= 4 is 0 Å². The molecule has 3 aromatic carbocycles. The molecule has 0 aromatic heterocycles. The summed E-state index contributed by atoms with van der Waals surface area (Å²) in [5.74, 6) is 2.49. The van der Waals surface area contributed by atoms with Crippen LogP contribution >= 0.6 is 0 Å². The highest BCUT2D eigenvalue weighted by molar-refractivity contribution is 5.44. The number of benzene rings is 3. The molecule has 0 amide bonds. The van der Waals surface area contributed by atoms with Gasteiger partial charge in [-0.1, -0.05) is 42.5 Å². The van der Waals surface area contributed by atoms with E-state index in [2.05, 4.69) is 30.3 Å². The van der Waals surface area contributed by atoms with Gasteiger partial charge in [0.1, 0.15) is 17.2 Å². The summed E-state index contributed by atoms with van der Waals surface area (Å²) in [5.41, 5.74) is 7.34. The maximum atomic E-state index is 10.6. The molecular weight excluding hydrogens is 408 g/mol. The Kier molecular flexibility index (Phi) is 6.69. The summed E-state index contributed by atoms with van der Waals surface area (Å²) < 4.78 is 0. The number of aryl methyl sites for hydroxylation is 4. The standard InChI is InChI=1S/C30H36O3/c1-18-11-23(12-19(2)29(18)32)15-22-9-10-26(27-7-5-6-8-28(27)31)25(16-22)17-24-13-20(3)30(33)21(4)14-24/h5-8,11-14,22,25-26,31-33H,9-10,15-17H2,1-4H3. The molecule has 1 fully saturated rings. The van der Waals surface area contributed by atoms with Crippen molar-refractivity contribution in [1.82, 2.24) is 0 Å². The van der Waals surface area contributed by atoms with Crippen LogP contribution in [0.25, 0.3) is 0 Å². The Labute approximate surface area is 197 Å². The van der Waals surface area contributed by atoms with Crippen LogP contribution in [0.3, 0.4) is 0 Å². The maximum absolute atomic E-state index is 10.6. The van der Waals surface area contributed by atoms with Gasteiger partial charge < -0.3 is 15.3 Å². The lowest BCUT2D eigenvalue weighted by Gasteiger charge is -2.37. The summed E-state index contributed by atoms with van der Waals surface area (Å²) in [5, 5.41) is 31.0. The van der Waals surface area contributed by atoms with E-state index in [1.807, 2.05) is 39.8 Å². The maximum Gasteiger partial charge on any atom is 0.121 e. The van der Waals surface area contributed by atoms with Gasteiger partial charge in [-0.15, -0.1) is 0 Å². The van der Waals surface area contributed by atoms with Crippen molar-refractivity contribution in [3.05, 3.63) is 87.5 Å². The molecule has 3 aromatic rings. The van der Waals surface area contributed by atoms with Gasteiger partial charge in [-0.3, -0.25) is 0 Å². The molecule has 3 atom stereocenters. The van der Waals surface area contributed by atoms with Gasteiger partial charge in [-0.05, 0) is 123 Å². The lowest BCUT2D eigenvalue weighted by molar-refractivity contribution is 0.225. The van der Waals surface area contributed by atoms with E-state index in [4.69, 9.17) is 0 Å². The third-order valence-corrected chi connectivity index (χ3v) is 7.55. The van der Waals surface area contributed by atoms with Crippen LogP contribution in [0, 0.1) is 39.5 Å². The molecule has 33 heavy (non-hydrogen) atoms. The molecule has 1 saturated carbocycles. The molecule has 1 aliphatic carbocycles. The molecule has 3 N–H and O–H groups in total. The molecule has 0 bridgehead atoms. The van der Waals surface area contributed by atoms with E-state index in [1.165, 1.54) is 11.1 Å². The van der Waals surface area contributed by atoms with Gasteiger partial charge in [0.05, 0.1) is 0 Å². The summed E-state index contributed by atoms with van der Waals surface area (Å²) >= 11 is 0. The van der Waals surface area contributed by atoms with Crippen LogP contribution in [0.4, 0.5) is 0 Å². The van der Waals surface area contributed by atoms with E-state index in [1.54, 1.807) is 6.07 Å². The zero-order chi connectivity index (χ0) is 23.7. The Hall–Kier alpha value is -2.94. The summed E-state index contributed by atoms with van der Waals surface area (Å²) in [6.07, 6.45) is 5.22. The minimum Gasteiger partial charge on any atom is -0.508 e. The number of para-hydroxylation sites is 1. The van der Waals surface area contributed by atoms with Crippen molar-refractivity contribution in [2.24, 2.45) is 11.8 Å². The van der Waals surface area contributed by atoms with Crippen molar-refractivity contribution in [2.45, 2.75) is 65.7 Å². The fourth-order valence-corrected chi connectivity index (χ4v) is 5.95. The van der Waals surface area contributed by atoms with Crippen LogP contribution in [-0.2, 0) is 12.8 Å². The van der Waals surface area contributed by atoms with Gasteiger partial charge in [0.15, 0.2) is 0 Å².